The molecule has 1 aliphatic carbocycles. The predicted molar refractivity (Wildman–Crippen MR) is 110 cm³/mol. The molecule has 0 bridgehead atoms. The van der Waals surface area contributed by atoms with Crippen molar-refractivity contribution in [3.8, 4) is 0 Å². The Kier molecular flexibility index (Phi) is 7.01. The van der Waals surface area contributed by atoms with E-state index < -0.39 is 10.0 Å². The van der Waals surface area contributed by atoms with Crippen LogP contribution in [0.15, 0.2) is 71.1 Å². The first-order valence-electron chi connectivity index (χ1n) is 9.64. The van der Waals surface area contributed by atoms with E-state index in [9.17, 15) is 13.2 Å². The van der Waals surface area contributed by atoms with Crippen LogP contribution in [0.5, 0.6) is 0 Å². The van der Waals surface area contributed by atoms with E-state index in [1.807, 2.05) is 30.3 Å². The van der Waals surface area contributed by atoms with Crippen molar-refractivity contribution in [2.75, 3.05) is 6.54 Å². The number of hydrogen-bond acceptors (Lipinski definition) is 3. The molecule has 1 amide bonds. The Balaban J connectivity index is 1.53. The summed E-state index contributed by atoms with van der Waals surface area (Å²) in [4.78, 5) is 12.4. The van der Waals surface area contributed by atoms with Crippen LogP contribution < -0.4 is 10.0 Å². The second-order valence-electron chi connectivity index (χ2n) is 6.95. The Bertz CT molecular complexity index is 920. The maximum absolute atomic E-state index is 12.4. The zero-order valence-corrected chi connectivity index (χ0v) is 16.7. The molecule has 2 aromatic rings. The highest BCUT2D eigenvalue weighted by atomic mass is 32.2. The van der Waals surface area contributed by atoms with E-state index in [1.165, 1.54) is 30.5 Å². The van der Waals surface area contributed by atoms with Gasteiger partial charge in [-0.3, -0.25) is 4.79 Å². The highest BCUT2D eigenvalue weighted by molar-refractivity contribution is 7.89. The van der Waals surface area contributed by atoms with Gasteiger partial charge in [0.25, 0.3) is 5.91 Å². The number of amides is 1. The van der Waals surface area contributed by atoms with Crippen LogP contribution in [0.25, 0.3) is 0 Å². The fourth-order valence-corrected chi connectivity index (χ4v) is 4.26. The predicted octanol–water partition coefficient (Wildman–Crippen LogP) is 3.79. The zero-order chi connectivity index (χ0) is 19.8. The summed E-state index contributed by atoms with van der Waals surface area (Å²) in [5, 5.41) is 2.83. The highest BCUT2D eigenvalue weighted by Crippen LogP contribution is 2.20. The number of hydrogen-bond donors (Lipinski definition) is 2. The minimum atomic E-state index is -3.57. The molecule has 0 radical (unpaired) electrons. The summed E-state index contributed by atoms with van der Waals surface area (Å²) >= 11 is 0. The van der Waals surface area contributed by atoms with Crippen LogP contribution in [0.2, 0.25) is 0 Å². The van der Waals surface area contributed by atoms with Crippen molar-refractivity contribution in [1.82, 2.24) is 10.0 Å². The molecule has 0 unspecified atom stereocenters. The van der Waals surface area contributed by atoms with Gasteiger partial charge in [0, 0.05) is 18.7 Å². The molecular weight excluding hydrogens is 372 g/mol. The second kappa shape index (κ2) is 9.66. The van der Waals surface area contributed by atoms with E-state index >= 15 is 0 Å². The Hall–Kier alpha value is -2.44. The molecule has 1 aliphatic rings. The van der Waals surface area contributed by atoms with Gasteiger partial charge in [-0.25, -0.2) is 13.1 Å². The Morgan fingerprint density at radius 3 is 2.39 bits per heavy atom. The molecule has 28 heavy (non-hydrogen) atoms. The molecule has 0 atom stereocenters. The minimum Gasteiger partial charge on any atom is -0.348 e. The van der Waals surface area contributed by atoms with Gasteiger partial charge in [-0.1, -0.05) is 42.0 Å². The average Bonchev–Trinajstić information content (AvgIpc) is 2.73. The number of carbonyl (C=O) groups is 1. The van der Waals surface area contributed by atoms with Gasteiger partial charge < -0.3 is 5.32 Å². The third-order valence-corrected chi connectivity index (χ3v) is 6.32. The van der Waals surface area contributed by atoms with Gasteiger partial charge in [-0.15, -0.1) is 0 Å². The van der Waals surface area contributed by atoms with Crippen molar-refractivity contribution >= 4 is 15.9 Å². The van der Waals surface area contributed by atoms with Crippen LogP contribution in [0.4, 0.5) is 0 Å². The molecular formula is C22H26N2O3S. The summed E-state index contributed by atoms with van der Waals surface area (Å²) in [5.41, 5.74) is 2.77. The lowest BCUT2D eigenvalue weighted by atomic mass is 9.97. The second-order valence-corrected chi connectivity index (χ2v) is 8.72. The topological polar surface area (TPSA) is 75.3 Å². The van der Waals surface area contributed by atoms with Crippen molar-refractivity contribution in [1.29, 1.82) is 0 Å². The first-order valence-corrected chi connectivity index (χ1v) is 11.1. The Labute approximate surface area is 166 Å². The van der Waals surface area contributed by atoms with Gasteiger partial charge in [0.05, 0.1) is 4.90 Å². The van der Waals surface area contributed by atoms with Gasteiger partial charge in [-0.2, -0.15) is 0 Å². The quantitative estimate of drug-likeness (QED) is 0.665. The average molecular weight is 399 g/mol. The monoisotopic (exact) mass is 398 g/mol. The molecule has 0 spiro atoms. The van der Waals surface area contributed by atoms with Crippen LogP contribution in [0.3, 0.4) is 0 Å². The van der Waals surface area contributed by atoms with Gasteiger partial charge in [0.2, 0.25) is 10.0 Å². The minimum absolute atomic E-state index is 0.171. The lowest BCUT2D eigenvalue weighted by Crippen LogP contribution is -2.26. The number of rotatable bonds is 8. The van der Waals surface area contributed by atoms with Crippen LogP contribution in [-0.4, -0.2) is 20.9 Å². The highest BCUT2D eigenvalue weighted by Gasteiger charge is 2.15. The number of nitrogens with one attached hydrogen (secondary N) is 2. The molecule has 0 fully saturated rings. The van der Waals surface area contributed by atoms with Crippen molar-refractivity contribution in [2.24, 2.45) is 0 Å². The molecule has 0 saturated heterocycles. The SMILES string of the molecule is O=C(NCc1ccccc1)c1ccc(S(=O)(=O)NCCC2=CCCCC2)cc1. The van der Waals surface area contributed by atoms with Crippen LogP contribution in [0, 0.1) is 0 Å². The maximum Gasteiger partial charge on any atom is 0.251 e. The van der Waals surface area contributed by atoms with Gasteiger partial charge >= 0.3 is 0 Å². The largest absolute Gasteiger partial charge is 0.348 e. The molecule has 148 valence electrons. The number of carbonyl (C=O) groups excluding carboxylic acids is 1. The van der Waals surface area contributed by atoms with Crippen LogP contribution in [-0.2, 0) is 16.6 Å². The standard InChI is InChI=1S/C22H26N2O3S/c25-22(23-17-19-9-5-2-6-10-19)20-11-13-21(14-12-20)28(26,27)24-16-15-18-7-3-1-4-8-18/h2,5-7,9-14,24H,1,3-4,8,15-17H2,(H,23,25). The molecule has 6 heteroatoms. The summed E-state index contributed by atoms with van der Waals surface area (Å²) in [6.07, 6.45) is 7.54. The lowest BCUT2D eigenvalue weighted by molar-refractivity contribution is 0.0951. The molecule has 2 aromatic carbocycles. The van der Waals surface area contributed by atoms with E-state index in [0.29, 0.717) is 18.7 Å². The zero-order valence-electron chi connectivity index (χ0n) is 15.9. The third-order valence-electron chi connectivity index (χ3n) is 4.85. The molecule has 0 aromatic heterocycles. The molecule has 3 rings (SSSR count). The van der Waals surface area contributed by atoms with Gasteiger partial charge in [-0.05, 0) is 61.9 Å². The van der Waals surface area contributed by atoms with E-state index in [0.717, 1.165) is 24.8 Å². The number of benzene rings is 2. The molecule has 0 aliphatic heterocycles. The van der Waals surface area contributed by atoms with Crippen molar-refractivity contribution in [3.05, 3.63) is 77.4 Å². The fraction of sp³-hybridized carbons (Fsp3) is 0.318. The summed E-state index contributed by atoms with van der Waals surface area (Å²) in [5.74, 6) is -0.231. The lowest BCUT2D eigenvalue weighted by Gasteiger charge is -2.13. The molecule has 0 saturated carbocycles. The first-order chi connectivity index (χ1) is 13.5. The Morgan fingerprint density at radius 2 is 1.71 bits per heavy atom. The van der Waals surface area contributed by atoms with Crippen LogP contribution in [0.1, 0.15) is 48.0 Å². The van der Waals surface area contributed by atoms with Gasteiger partial charge in [0.15, 0.2) is 0 Å². The van der Waals surface area contributed by atoms with E-state index in [-0.39, 0.29) is 10.8 Å². The van der Waals surface area contributed by atoms with E-state index in [2.05, 4.69) is 16.1 Å². The summed E-state index contributed by atoms with van der Waals surface area (Å²) < 4.78 is 27.5. The third kappa shape index (κ3) is 5.78. The number of allylic oxidation sites excluding steroid dienone is 1. The summed E-state index contributed by atoms with van der Waals surface area (Å²) in [6.45, 7) is 0.824. The Morgan fingerprint density at radius 1 is 0.964 bits per heavy atom. The van der Waals surface area contributed by atoms with Crippen molar-refractivity contribution < 1.29 is 13.2 Å². The first kappa shape index (κ1) is 20.3. The fourth-order valence-electron chi connectivity index (χ4n) is 3.23. The van der Waals surface area contributed by atoms with E-state index in [1.54, 1.807) is 12.1 Å². The molecule has 5 nitrogen and oxygen atoms in total. The van der Waals surface area contributed by atoms with Crippen molar-refractivity contribution in [3.63, 3.8) is 0 Å². The summed E-state index contributed by atoms with van der Waals surface area (Å²) in [7, 11) is -3.57. The van der Waals surface area contributed by atoms with Crippen LogP contribution >= 0.6 is 0 Å². The van der Waals surface area contributed by atoms with E-state index in [4.69, 9.17) is 0 Å². The summed E-state index contributed by atoms with van der Waals surface area (Å²) in [6, 6.07) is 15.6. The molecule has 2 N–H and O–H groups in total. The molecule has 0 heterocycles. The maximum atomic E-state index is 12.4. The normalized spacial score (nSPS) is 14.4. The number of sulfonamides is 1. The van der Waals surface area contributed by atoms with Gasteiger partial charge in [0.1, 0.15) is 0 Å². The smallest absolute Gasteiger partial charge is 0.251 e. The van der Waals surface area contributed by atoms with Crippen molar-refractivity contribution in [2.45, 2.75) is 43.5 Å².